The molecule has 1 heterocycles. The number of rotatable bonds is 5. The summed E-state index contributed by atoms with van der Waals surface area (Å²) in [5.41, 5.74) is 0.605. The zero-order chi connectivity index (χ0) is 12.2. The van der Waals surface area contributed by atoms with E-state index in [0.29, 0.717) is 11.6 Å². The third-order valence-electron chi connectivity index (χ3n) is 2.27. The monoisotopic (exact) mass is 239 g/mol. The molecule has 0 aliphatic heterocycles. The third-order valence-corrected chi connectivity index (χ3v) is 4.06. The van der Waals surface area contributed by atoms with E-state index in [4.69, 9.17) is 0 Å². The quantitative estimate of drug-likeness (QED) is 0.858. The van der Waals surface area contributed by atoms with Crippen LogP contribution in [0.2, 0.25) is 0 Å². The highest BCUT2D eigenvalue weighted by Gasteiger charge is 2.37. The van der Waals surface area contributed by atoms with Crippen molar-refractivity contribution in [2.75, 3.05) is 5.75 Å². The van der Waals surface area contributed by atoms with Crippen LogP contribution < -0.4 is 0 Å². The van der Waals surface area contributed by atoms with Crippen molar-refractivity contribution in [3.63, 3.8) is 0 Å². The average molecular weight is 239 g/mol. The Balaban J connectivity index is 2.93. The summed E-state index contributed by atoms with van der Waals surface area (Å²) in [5, 5.41) is 9.34. The molecule has 0 aliphatic carbocycles. The molecule has 0 radical (unpaired) electrons. The second-order valence-electron chi connectivity index (χ2n) is 4.26. The van der Waals surface area contributed by atoms with Gasteiger partial charge in [0.15, 0.2) is 4.75 Å². The molecule has 1 atom stereocenters. The Labute approximate surface area is 100 Å². The van der Waals surface area contributed by atoms with E-state index in [-0.39, 0.29) is 0 Å². The molecule has 1 rings (SSSR count). The SMILES string of the molecule is CC(C)CSC(C)(C(=O)O)c1ccccn1. The molecule has 3 nitrogen and oxygen atoms in total. The Kier molecular flexibility index (Phi) is 4.35. The highest BCUT2D eigenvalue weighted by molar-refractivity contribution is 8.00. The van der Waals surface area contributed by atoms with Crippen LogP contribution in [0.5, 0.6) is 0 Å². The molecular formula is C12H17NO2S. The Morgan fingerprint density at radius 1 is 1.56 bits per heavy atom. The van der Waals surface area contributed by atoms with E-state index in [2.05, 4.69) is 18.8 Å². The van der Waals surface area contributed by atoms with Gasteiger partial charge in [0.05, 0.1) is 5.69 Å². The largest absolute Gasteiger partial charge is 0.480 e. The van der Waals surface area contributed by atoms with Gasteiger partial charge in [-0.15, -0.1) is 11.8 Å². The second kappa shape index (κ2) is 5.34. The number of hydrogen-bond acceptors (Lipinski definition) is 3. The zero-order valence-electron chi connectivity index (χ0n) is 9.80. The van der Waals surface area contributed by atoms with E-state index >= 15 is 0 Å². The van der Waals surface area contributed by atoms with Gasteiger partial charge in [-0.2, -0.15) is 0 Å². The van der Waals surface area contributed by atoms with Crippen molar-refractivity contribution in [2.24, 2.45) is 5.92 Å². The van der Waals surface area contributed by atoms with Crippen molar-refractivity contribution < 1.29 is 9.90 Å². The fourth-order valence-electron chi connectivity index (χ4n) is 1.22. The van der Waals surface area contributed by atoms with Crippen LogP contribution in [0.25, 0.3) is 0 Å². The first kappa shape index (κ1) is 13.0. The molecule has 0 amide bonds. The number of aromatic nitrogens is 1. The topological polar surface area (TPSA) is 50.2 Å². The summed E-state index contributed by atoms with van der Waals surface area (Å²) in [4.78, 5) is 15.5. The predicted molar refractivity (Wildman–Crippen MR) is 66.5 cm³/mol. The Bertz CT molecular complexity index is 353. The van der Waals surface area contributed by atoms with Crippen molar-refractivity contribution in [3.8, 4) is 0 Å². The first-order valence-corrected chi connectivity index (χ1v) is 6.24. The van der Waals surface area contributed by atoms with Crippen LogP contribution in [0.15, 0.2) is 24.4 Å². The molecule has 0 saturated heterocycles. The summed E-state index contributed by atoms with van der Waals surface area (Å²) < 4.78 is -0.953. The van der Waals surface area contributed by atoms with E-state index < -0.39 is 10.7 Å². The molecule has 16 heavy (non-hydrogen) atoms. The molecule has 0 aromatic carbocycles. The van der Waals surface area contributed by atoms with E-state index in [0.717, 1.165) is 5.75 Å². The molecule has 1 N–H and O–H groups in total. The third kappa shape index (κ3) is 2.98. The summed E-state index contributed by atoms with van der Waals surface area (Å²) in [5.74, 6) is 0.434. The van der Waals surface area contributed by atoms with Gasteiger partial charge in [-0.25, -0.2) is 0 Å². The van der Waals surface area contributed by atoms with Crippen LogP contribution in [0.1, 0.15) is 26.5 Å². The van der Waals surface area contributed by atoms with Crippen LogP contribution in [0, 0.1) is 5.92 Å². The molecule has 0 fully saturated rings. The standard InChI is InChI=1S/C12H17NO2S/c1-9(2)8-16-12(3,11(14)15)10-6-4-5-7-13-10/h4-7,9H,8H2,1-3H3,(H,14,15). The fraction of sp³-hybridized carbons (Fsp3) is 0.500. The lowest BCUT2D eigenvalue weighted by Gasteiger charge is -2.24. The van der Waals surface area contributed by atoms with Crippen LogP contribution >= 0.6 is 11.8 Å². The fourth-order valence-corrected chi connectivity index (χ4v) is 2.28. The smallest absolute Gasteiger partial charge is 0.325 e. The maximum absolute atomic E-state index is 11.4. The van der Waals surface area contributed by atoms with Crippen molar-refractivity contribution in [1.29, 1.82) is 0 Å². The highest BCUT2D eigenvalue weighted by atomic mass is 32.2. The summed E-state index contributed by atoms with van der Waals surface area (Å²) in [6, 6.07) is 5.37. The predicted octanol–water partition coefficient (Wildman–Crippen LogP) is 2.77. The van der Waals surface area contributed by atoms with Crippen molar-refractivity contribution in [2.45, 2.75) is 25.5 Å². The van der Waals surface area contributed by atoms with Crippen LogP contribution in [0.4, 0.5) is 0 Å². The molecule has 4 heteroatoms. The summed E-state index contributed by atoms with van der Waals surface area (Å²) >= 11 is 1.43. The minimum Gasteiger partial charge on any atom is -0.480 e. The molecule has 0 spiro atoms. The number of aliphatic carboxylic acids is 1. The van der Waals surface area contributed by atoms with Gasteiger partial charge in [0, 0.05) is 6.20 Å². The molecule has 1 aromatic heterocycles. The van der Waals surface area contributed by atoms with E-state index in [9.17, 15) is 9.90 Å². The molecule has 1 unspecified atom stereocenters. The van der Waals surface area contributed by atoms with Gasteiger partial charge >= 0.3 is 5.97 Å². The molecule has 0 saturated carbocycles. The minimum atomic E-state index is -0.953. The van der Waals surface area contributed by atoms with Gasteiger partial charge in [-0.05, 0) is 30.7 Å². The number of carboxylic acids is 1. The molecule has 88 valence electrons. The first-order valence-electron chi connectivity index (χ1n) is 5.25. The van der Waals surface area contributed by atoms with Crippen LogP contribution in [0.3, 0.4) is 0 Å². The molecule has 0 bridgehead atoms. The van der Waals surface area contributed by atoms with Crippen molar-refractivity contribution >= 4 is 17.7 Å². The molecule has 0 aliphatic rings. The average Bonchev–Trinajstić information content (AvgIpc) is 2.26. The summed E-state index contributed by atoms with van der Waals surface area (Å²) in [6.07, 6.45) is 1.63. The van der Waals surface area contributed by atoms with Gasteiger partial charge < -0.3 is 5.11 Å². The number of nitrogens with zero attached hydrogens (tertiary/aromatic N) is 1. The lowest BCUT2D eigenvalue weighted by atomic mass is 10.1. The van der Waals surface area contributed by atoms with Gasteiger partial charge in [0.25, 0.3) is 0 Å². The zero-order valence-corrected chi connectivity index (χ0v) is 10.6. The number of pyridine rings is 1. The van der Waals surface area contributed by atoms with Gasteiger partial charge in [-0.3, -0.25) is 9.78 Å². The van der Waals surface area contributed by atoms with Gasteiger partial charge in [0.1, 0.15) is 0 Å². The number of carboxylic acid groups (broad SMARTS) is 1. The minimum absolute atomic E-state index is 0.465. The van der Waals surface area contributed by atoms with E-state index in [1.165, 1.54) is 11.8 Å². The summed E-state index contributed by atoms with van der Waals surface area (Å²) in [6.45, 7) is 5.87. The van der Waals surface area contributed by atoms with Crippen molar-refractivity contribution in [3.05, 3.63) is 30.1 Å². The van der Waals surface area contributed by atoms with E-state index in [1.807, 2.05) is 6.07 Å². The lowest BCUT2D eigenvalue weighted by molar-refractivity contribution is -0.139. The van der Waals surface area contributed by atoms with Crippen molar-refractivity contribution in [1.82, 2.24) is 4.98 Å². The van der Waals surface area contributed by atoms with Crippen LogP contribution in [-0.4, -0.2) is 21.8 Å². The summed E-state index contributed by atoms with van der Waals surface area (Å²) in [7, 11) is 0. The molecule has 1 aromatic rings. The van der Waals surface area contributed by atoms with E-state index in [1.54, 1.807) is 25.3 Å². The highest BCUT2D eigenvalue weighted by Crippen LogP contribution is 2.36. The molecular weight excluding hydrogens is 222 g/mol. The van der Waals surface area contributed by atoms with Gasteiger partial charge in [0.2, 0.25) is 0 Å². The van der Waals surface area contributed by atoms with Gasteiger partial charge in [-0.1, -0.05) is 19.9 Å². The lowest BCUT2D eigenvalue weighted by Crippen LogP contribution is -2.30. The Morgan fingerprint density at radius 2 is 2.25 bits per heavy atom. The van der Waals surface area contributed by atoms with Crippen LogP contribution in [-0.2, 0) is 9.54 Å². The number of hydrogen-bond donors (Lipinski definition) is 1. The number of thioether (sulfide) groups is 1. The maximum atomic E-state index is 11.4. The normalized spacial score (nSPS) is 14.8. The maximum Gasteiger partial charge on any atom is 0.325 e. The second-order valence-corrected chi connectivity index (χ2v) is 5.70. The Morgan fingerprint density at radius 3 is 2.69 bits per heavy atom. The number of carbonyl (C=O) groups is 1. The Hall–Kier alpha value is -1.03. The first-order chi connectivity index (χ1) is 7.47.